The van der Waals surface area contributed by atoms with Crippen LogP contribution < -0.4 is 10.1 Å². The number of rotatable bonds is 9. The normalized spacial score (nSPS) is 21.5. The Labute approximate surface area is 211 Å². The maximum atomic E-state index is 12.9. The Morgan fingerprint density at radius 2 is 1.67 bits per heavy atom. The van der Waals surface area contributed by atoms with Crippen molar-refractivity contribution in [3.05, 3.63) is 65.2 Å². The predicted molar refractivity (Wildman–Crippen MR) is 134 cm³/mol. The number of amides is 1. The second kappa shape index (κ2) is 12.8. The van der Waals surface area contributed by atoms with Gasteiger partial charge in [-0.2, -0.15) is 0 Å². The first-order chi connectivity index (χ1) is 17.5. The van der Waals surface area contributed by atoms with Crippen molar-refractivity contribution in [2.75, 3.05) is 52.5 Å². The number of nitrogens with zero attached hydrogens (tertiary/aromatic N) is 2. The third kappa shape index (κ3) is 7.51. The summed E-state index contributed by atoms with van der Waals surface area (Å²) in [4.78, 5) is 28.5. The second-order valence-corrected chi connectivity index (χ2v) is 9.35. The number of morpholine rings is 1. The van der Waals surface area contributed by atoms with Crippen LogP contribution in [-0.4, -0.2) is 96.6 Å². The zero-order valence-corrected chi connectivity index (χ0v) is 20.5. The summed E-state index contributed by atoms with van der Waals surface area (Å²) < 4.78 is 11.2. The topological polar surface area (TPSA) is 112 Å². The molecule has 0 aliphatic carbocycles. The predicted octanol–water partition coefficient (Wildman–Crippen LogP) is 1.85. The van der Waals surface area contributed by atoms with E-state index in [1.54, 1.807) is 36.4 Å². The average Bonchev–Trinajstić information content (AvgIpc) is 3.06. The van der Waals surface area contributed by atoms with Crippen LogP contribution in [0.5, 0.6) is 5.75 Å². The molecule has 0 bridgehead atoms. The smallest absolute Gasteiger partial charge is 0.335 e. The van der Waals surface area contributed by atoms with E-state index < -0.39 is 18.1 Å². The van der Waals surface area contributed by atoms with E-state index in [-0.39, 0.29) is 11.5 Å². The fraction of sp³-hybridized carbons (Fsp3) is 0.481. The summed E-state index contributed by atoms with van der Waals surface area (Å²) in [5.74, 6) is -0.462. The minimum absolute atomic E-state index is 0.230. The fourth-order valence-electron chi connectivity index (χ4n) is 4.58. The van der Waals surface area contributed by atoms with E-state index in [9.17, 15) is 14.7 Å². The number of ether oxygens (including phenoxy) is 2. The van der Waals surface area contributed by atoms with Gasteiger partial charge < -0.3 is 25.0 Å². The molecular formula is C27H35N3O6. The van der Waals surface area contributed by atoms with Crippen LogP contribution in [0.25, 0.3) is 0 Å². The van der Waals surface area contributed by atoms with Crippen molar-refractivity contribution in [2.24, 2.45) is 0 Å². The monoisotopic (exact) mass is 497 g/mol. The van der Waals surface area contributed by atoms with E-state index in [2.05, 4.69) is 15.1 Å². The van der Waals surface area contributed by atoms with E-state index in [1.165, 1.54) is 0 Å². The number of carbonyl (C=O) groups excluding carboxylic acids is 1. The van der Waals surface area contributed by atoms with Crippen LogP contribution in [0.4, 0.5) is 0 Å². The van der Waals surface area contributed by atoms with Gasteiger partial charge in [0, 0.05) is 38.3 Å². The molecule has 2 aliphatic rings. The van der Waals surface area contributed by atoms with Gasteiger partial charge in [0.15, 0.2) is 0 Å². The molecule has 2 aliphatic heterocycles. The van der Waals surface area contributed by atoms with Crippen LogP contribution in [0, 0.1) is 0 Å². The van der Waals surface area contributed by atoms with Gasteiger partial charge in [0.25, 0.3) is 5.91 Å². The molecule has 2 atom stereocenters. The summed E-state index contributed by atoms with van der Waals surface area (Å²) in [6.07, 6.45) is 0.795. The standard InChI is InChI=1S/C27H35N3O6/c31-25-2-1-11-30(18-20-3-5-22(6-4-20)27(33)34)19-24(25)28-26(32)21-7-9-23(10-8-21)36-17-14-29-12-15-35-16-13-29/h3-10,24-25,31H,1-2,11-19H2,(H,28,32)(H,33,34)/t24-,25-/m1/s1. The molecule has 9 nitrogen and oxygen atoms in total. The molecule has 194 valence electrons. The molecule has 2 aromatic carbocycles. The molecule has 0 aromatic heterocycles. The molecule has 0 radical (unpaired) electrons. The van der Waals surface area contributed by atoms with Crippen LogP contribution in [-0.2, 0) is 11.3 Å². The number of aliphatic hydroxyl groups excluding tert-OH is 1. The summed E-state index contributed by atoms with van der Waals surface area (Å²) in [6.45, 7) is 6.70. The molecule has 1 amide bonds. The zero-order valence-electron chi connectivity index (χ0n) is 20.5. The van der Waals surface area contributed by atoms with Crippen molar-refractivity contribution < 1.29 is 29.3 Å². The number of benzene rings is 2. The Hall–Kier alpha value is -2.98. The largest absolute Gasteiger partial charge is 0.492 e. The molecule has 2 fully saturated rings. The van der Waals surface area contributed by atoms with Crippen molar-refractivity contribution in [3.8, 4) is 5.75 Å². The molecule has 2 saturated heterocycles. The first-order valence-corrected chi connectivity index (χ1v) is 12.5. The first kappa shape index (κ1) is 26.1. The van der Waals surface area contributed by atoms with Crippen molar-refractivity contribution in [1.29, 1.82) is 0 Å². The van der Waals surface area contributed by atoms with E-state index in [4.69, 9.17) is 14.6 Å². The van der Waals surface area contributed by atoms with Crippen molar-refractivity contribution in [3.63, 3.8) is 0 Å². The molecule has 0 saturated carbocycles. The summed E-state index contributed by atoms with van der Waals surface area (Å²) in [7, 11) is 0. The third-order valence-electron chi connectivity index (χ3n) is 6.71. The third-order valence-corrected chi connectivity index (χ3v) is 6.71. The molecule has 9 heteroatoms. The highest BCUT2D eigenvalue weighted by atomic mass is 16.5. The Balaban J connectivity index is 1.28. The SMILES string of the molecule is O=C(O)c1ccc(CN2CCC[C@@H](O)[C@H](NC(=O)c3ccc(OCCN4CCOCC4)cc3)C2)cc1. The van der Waals surface area contributed by atoms with Gasteiger partial charge in [0.1, 0.15) is 12.4 Å². The number of hydrogen-bond acceptors (Lipinski definition) is 7. The Morgan fingerprint density at radius 3 is 2.36 bits per heavy atom. The molecular weight excluding hydrogens is 462 g/mol. The molecule has 4 rings (SSSR count). The molecule has 2 aromatic rings. The molecule has 36 heavy (non-hydrogen) atoms. The summed E-state index contributed by atoms with van der Waals surface area (Å²) >= 11 is 0. The second-order valence-electron chi connectivity index (χ2n) is 9.35. The van der Waals surface area contributed by atoms with Gasteiger partial charge in [-0.15, -0.1) is 0 Å². The summed E-state index contributed by atoms with van der Waals surface area (Å²) in [6, 6.07) is 13.5. The van der Waals surface area contributed by atoms with Crippen LogP contribution in [0.15, 0.2) is 48.5 Å². The highest BCUT2D eigenvalue weighted by molar-refractivity contribution is 5.94. The number of carboxylic acid groups (broad SMARTS) is 1. The maximum Gasteiger partial charge on any atom is 0.335 e. The van der Waals surface area contributed by atoms with Gasteiger partial charge in [-0.05, 0) is 61.3 Å². The highest BCUT2D eigenvalue weighted by Crippen LogP contribution is 2.17. The Morgan fingerprint density at radius 1 is 0.972 bits per heavy atom. The van der Waals surface area contributed by atoms with E-state index in [1.807, 2.05) is 12.1 Å². The van der Waals surface area contributed by atoms with Crippen LogP contribution in [0.2, 0.25) is 0 Å². The van der Waals surface area contributed by atoms with Gasteiger partial charge in [-0.1, -0.05) is 12.1 Å². The van der Waals surface area contributed by atoms with Crippen molar-refractivity contribution in [1.82, 2.24) is 15.1 Å². The fourth-order valence-corrected chi connectivity index (χ4v) is 4.58. The minimum atomic E-state index is -0.949. The number of aromatic carboxylic acids is 1. The number of nitrogens with one attached hydrogen (secondary N) is 1. The lowest BCUT2D eigenvalue weighted by Crippen LogP contribution is -2.48. The quantitative estimate of drug-likeness (QED) is 0.481. The maximum absolute atomic E-state index is 12.9. The van der Waals surface area contributed by atoms with Gasteiger partial charge >= 0.3 is 5.97 Å². The Kier molecular flexibility index (Phi) is 9.29. The molecule has 0 spiro atoms. The van der Waals surface area contributed by atoms with Crippen LogP contribution in [0.1, 0.15) is 39.1 Å². The van der Waals surface area contributed by atoms with Gasteiger partial charge in [-0.25, -0.2) is 4.79 Å². The van der Waals surface area contributed by atoms with Gasteiger partial charge in [0.05, 0.1) is 30.9 Å². The molecule has 3 N–H and O–H groups in total. The van der Waals surface area contributed by atoms with E-state index >= 15 is 0 Å². The lowest BCUT2D eigenvalue weighted by molar-refractivity contribution is 0.0322. The number of aliphatic hydroxyl groups is 1. The number of carbonyl (C=O) groups is 2. The summed E-state index contributed by atoms with van der Waals surface area (Å²) in [5, 5.41) is 22.7. The van der Waals surface area contributed by atoms with E-state index in [0.717, 1.165) is 57.1 Å². The first-order valence-electron chi connectivity index (χ1n) is 12.5. The van der Waals surface area contributed by atoms with Crippen LogP contribution in [0.3, 0.4) is 0 Å². The molecule has 0 unspecified atom stereocenters. The van der Waals surface area contributed by atoms with Gasteiger partial charge in [0.2, 0.25) is 0 Å². The van der Waals surface area contributed by atoms with E-state index in [0.29, 0.717) is 31.7 Å². The van der Waals surface area contributed by atoms with Gasteiger partial charge in [-0.3, -0.25) is 14.6 Å². The number of likely N-dealkylation sites (tertiary alicyclic amines) is 1. The lowest BCUT2D eigenvalue weighted by atomic mass is 10.1. The highest BCUT2D eigenvalue weighted by Gasteiger charge is 2.27. The zero-order chi connectivity index (χ0) is 25.3. The van der Waals surface area contributed by atoms with Crippen molar-refractivity contribution in [2.45, 2.75) is 31.5 Å². The number of carboxylic acids is 1. The average molecular weight is 498 g/mol. The lowest BCUT2D eigenvalue weighted by Gasteiger charge is -2.27. The molecule has 2 heterocycles. The summed E-state index contributed by atoms with van der Waals surface area (Å²) in [5.41, 5.74) is 1.76. The van der Waals surface area contributed by atoms with Crippen molar-refractivity contribution >= 4 is 11.9 Å². The minimum Gasteiger partial charge on any atom is -0.492 e. The van der Waals surface area contributed by atoms with Crippen LogP contribution >= 0.6 is 0 Å². The number of hydrogen-bond donors (Lipinski definition) is 3. The Bertz CT molecular complexity index is 992.